The fraction of sp³-hybridized carbons (Fsp3) is 0.700. The van der Waals surface area contributed by atoms with Crippen LogP contribution in [-0.2, 0) is 23.4 Å². The third-order valence-corrected chi connectivity index (χ3v) is 4.77. The largest absolute Gasteiger partial charge is 0.355 e. The van der Waals surface area contributed by atoms with E-state index in [0.29, 0.717) is 19.6 Å². The van der Waals surface area contributed by atoms with Gasteiger partial charge in [-0.1, -0.05) is 0 Å². The molecule has 2 rings (SSSR count). The number of anilines is 1. The average Bonchev–Trinajstić information content (AvgIpc) is 2.53. The monoisotopic (exact) mass is 258 g/mol. The molecule has 1 saturated heterocycles. The van der Waals surface area contributed by atoms with Gasteiger partial charge in [0.2, 0.25) is 0 Å². The van der Waals surface area contributed by atoms with Gasteiger partial charge >= 0.3 is 0 Å². The van der Waals surface area contributed by atoms with Crippen LogP contribution in [-0.4, -0.2) is 42.8 Å². The number of aryl methyl sites for hydroxylation is 2. The summed E-state index contributed by atoms with van der Waals surface area (Å²) in [7, 11) is -0.986. The van der Waals surface area contributed by atoms with E-state index in [1.165, 1.54) is 0 Å². The molecule has 0 spiro atoms. The minimum atomic E-state index is -2.85. The molecule has 0 aromatic carbocycles. The van der Waals surface area contributed by atoms with Crippen molar-refractivity contribution in [1.82, 2.24) is 9.78 Å². The van der Waals surface area contributed by atoms with Crippen molar-refractivity contribution in [2.75, 3.05) is 29.5 Å². The Hall–Kier alpha value is -1.08. The minimum Gasteiger partial charge on any atom is -0.355 e. The molecule has 2 N–H and O–H groups in total. The molecule has 0 bridgehead atoms. The van der Waals surface area contributed by atoms with Crippen molar-refractivity contribution >= 4 is 15.7 Å². The molecule has 1 aromatic rings. The molecule has 2 heterocycles. The van der Waals surface area contributed by atoms with Crippen molar-refractivity contribution in [3.63, 3.8) is 0 Å². The van der Waals surface area contributed by atoms with Crippen molar-refractivity contribution in [2.45, 2.75) is 13.5 Å². The maximum atomic E-state index is 11.4. The average molecular weight is 258 g/mol. The Morgan fingerprint density at radius 2 is 1.94 bits per heavy atom. The Balaban J connectivity index is 2.30. The Labute approximate surface area is 101 Å². The Bertz CT molecular complexity index is 507. The zero-order chi connectivity index (χ0) is 12.6. The lowest BCUT2D eigenvalue weighted by Crippen LogP contribution is -2.41. The van der Waals surface area contributed by atoms with E-state index in [2.05, 4.69) is 10.00 Å². The predicted octanol–water partition coefficient (Wildman–Crippen LogP) is -0.578. The molecule has 7 heteroatoms. The van der Waals surface area contributed by atoms with Crippen LogP contribution in [0.2, 0.25) is 0 Å². The number of aromatic nitrogens is 2. The zero-order valence-electron chi connectivity index (χ0n) is 10.2. The molecule has 1 aliphatic heterocycles. The SMILES string of the molecule is Cc1nn(C)c(N2CCS(=O)(=O)CC2)c1CN. The standard InChI is InChI=1S/C10H18N4O2S/c1-8-9(7-11)10(13(2)12-8)14-3-5-17(15,16)6-4-14/h3-7,11H2,1-2H3. The van der Waals surface area contributed by atoms with Crippen LogP contribution in [0.3, 0.4) is 0 Å². The van der Waals surface area contributed by atoms with Crippen LogP contribution >= 0.6 is 0 Å². The van der Waals surface area contributed by atoms with Gasteiger partial charge in [0, 0.05) is 32.2 Å². The van der Waals surface area contributed by atoms with Gasteiger partial charge in [0.1, 0.15) is 5.82 Å². The van der Waals surface area contributed by atoms with Crippen LogP contribution in [0, 0.1) is 6.92 Å². The summed E-state index contributed by atoms with van der Waals surface area (Å²) < 4.78 is 24.6. The Morgan fingerprint density at radius 3 is 2.47 bits per heavy atom. The van der Waals surface area contributed by atoms with Gasteiger partial charge in [0.05, 0.1) is 17.2 Å². The van der Waals surface area contributed by atoms with Gasteiger partial charge in [-0.2, -0.15) is 5.10 Å². The molecule has 0 amide bonds. The lowest BCUT2D eigenvalue weighted by Gasteiger charge is -2.29. The van der Waals surface area contributed by atoms with E-state index in [9.17, 15) is 8.42 Å². The van der Waals surface area contributed by atoms with Crippen molar-refractivity contribution in [3.05, 3.63) is 11.3 Å². The number of sulfone groups is 1. The van der Waals surface area contributed by atoms with Crippen LogP contribution in [0.4, 0.5) is 5.82 Å². The van der Waals surface area contributed by atoms with Crippen molar-refractivity contribution in [2.24, 2.45) is 12.8 Å². The molecule has 0 atom stereocenters. The van der Waals surface area contributed by atoms with Crippen molar-refractivity contribution in [3.8, 4) is 0 Å². The van der Waals surface area contributed by atoms with E-state index in [4.69, 9.17) is 5.73 Å². The highest BCUT2D eigenvalue weighted by Gasteiger charge is 2.26. The second-order valence-electron chi connectivity index (χ2n) is 4.35. The van der Waals surface area contributed by atoms with E-state index in [1.807, 2.05) is 14.0 Å². The molecule has 1 aliphatic rings. The smallest absolute Gasteiger partial charge is 0.153 e. The first-order chi connectivity index (χ1) is 7.94. The molecule has 0 radical (unpaired) electrons. The number of hydrogen-bond donors (Lipinski definition) is 1. The summed E-state index contributed by atoms with van der Waals surface area (Å²) in [6.45, 7) is 3.40. The first-order valence-electron chi connectivity index (χ1n) is 5.62. The summed E-state index contributed by atoms with van der Waals surface area (Å²) >= 11 is 0. The first kappa shape index (κ1) is 12.4. The molecule has 17 heavy (non-hydrogen) atoms. The summed E-state index contributed by atoms with van der Waals surface area (Å²) in [5, 5.41) is 4.34. The highest BCUT2D eigenvalue weighted by molar-refractivity contribution is 7.91. The van der Waals surface area contributed by atoms with E-state index in [0.717, 1.165) is 17.1 Å². The maximum Gasteiger partial charge on any atom is 0.153 e. The first-order valence-corrected chi connectivity index (χ1v) is 7.44. The molecule has 6 nitrogen and oxygen atoms in total. The number of rotatable bonds is 2. The molecule has 0 saturated carbocycles. The number of nitrogens with zero attached hydrogens (tertiary/aromatic N) is 3. The fourth-order valence-electron chi connectivity index (χ4n) is 2.25. The maximum absolute atomic E-state index is 11.4. The van der Waals surface area contributed by atoms with Gasteiger partial charge in [-0.15, -0.1) is 0 Å². The lowest BCUT2D eigenvalue weighted by atomic mass is 10.2. The Morgan fingerprint density at radius 1 is 1.35 bits per heavy atom. The highest BCUT2D eigenvalue weighted by Crippen LogP contribution is 2.24. The third kappa shape index (κ3) is 2.30. The van der Waals surface area contributed by atoms with Crippen LogP contribution in [0.15, 0.2) is 0 Å². The van der Waals surface area contributed by atoms with Gasteiger partial charge in [-0.25, -0.2) is 8.42 Å². The van der Waals surface area contributed by atoms with Crippen molar-refractivity contribution < 1.29 is 8.42 Å². The van der Waals surface area contributed by atoms with Crippen LogP contribution in [0.25, 0.3) is 0 Å². The molecule has 1 fully saturated rings. The molecular formula is C10H18N4O2S. The van der Waals surface area contributed by atoms with Crippen molar-refractivity contribution in [1.29, 1.82) is 0 Å². The molecular weight excluding hydrogens is 240 g/mol. The molecule has 0 unspecified atom stereocenters. The predicted molar refractivity (Wildman–Crippen MR) is 66.7 cm³/mol. The third-order valence-electron chi connectivity index (χ3n) is 3.16. The fourth-order valence-corrected chi connectivity index (χ4v) is 3.45. The van der Waals surface area contributed by atoms with Crippen LogP contribution in [0.5, 0.6) is 0 Å². The van der Waals surface area contributed by atoms with Gasteiger partial charge in [0.25, 0.3) is 0 Å². The normalized spacial score (nSPS) is 19.6. The second kappa shape index (κ2) is 4.30. The topological polar surface area (TPSA) is 81.2 Å². The lowest BCUT2D eigenvalue weighted by molar-refractivity contribution is 0.584. The molecule has 0 aliphatic carbocycles. The van der Waals surface area contributed by atoms with Gasteiger partial charge < -0.3 is 10.6 Å². The van der Waals surface area contributed by atoms with Gasteiger partial charge in [-0.05, 0) is 6.92 Å². The number of nitrogens with two attached hydrogens (primary N) is 1. The van der Waals surface area contributed by atoms with E-state index in [-0.39, 0.29) is 11.5 Å². The summed E-state index contributed by atoms with van der Waals surface area (Å²) in [4.78, 5) is 2.06. The van der Waals surface area contributed by atoms with Crippen LogP contribution in [0.1, 0.15) is 11.3 Å². The number of hydrogen-bond acceptors (Lipinski definition) is 5. The summed E-state index contributed by atoms with van der Waals surface area (Å²) in [6, 6.07) is 0. The Kier molecular flexibility index (Phi) is 3.13. The molecule has 1 aromatic heterocycles. The second-order valence-corrected chi connectivity index (χ2v) is 6.66. The molecule has 96 valence electrons. The zero-order valence-corrected chi connectivity index (χ0v) is 11.0. The summed E-state index contributed by atoms with van der Waals surface area (Å²) in [5.41, 5.74) is 7.65. The minimum absolute atomic E-state index is 0.210. The summed E-state index contributed by atoms with van der Waals surface area (Å²) in [5.74, 6) is 1.38. The van der Waals surface area contributed by atoms with Crippen LogP contribution < -0.4 is 10.6 Å². The van der Waals surface area contributed by atoms with Gasteiger partial charge in [-0.3, -0.25) is 4.68 Å². The van der Waals surface area contributed by atoms with E-state index >= 15 is 0 Å². The van der Waals surface area contributed by atoms with E-state index in [1.54, 1.807) is 4.68 Å². The van der Waals surface area contributed by atoms with Gasteiger partial charge in [0.15, 0.2) is 9.84 Å². The quantitative estimate of drug-likeness (QED) is 0.767. The summed E-state index contributed by atoms with van der Waals surface area (Å²) in [6.07, 6.45) is 0. The van der Waals surface area contributed by atoms with E-state index < -0.39 is 9.84 Å². The highest BCUT2D eigenvalue weighted by atomic mass is 32.2.